The fourth-order valence-electron chi connectivity index (χ4n) is 2.55. The highest BCUT2D eigenvalue weighted by molar-refractivity contribution is 7.92. The average molecular weight is 480 g/mol. The van der Waals surface area contributed by atoms with Crippen molar-refractivity contribution in [2.24, 2.45) is 0 Å². The maximum Gasteiger partial charge on any atom is 0.311 e. The lowest BCUT2D eigenvalue weighted by Gasteiger charge is -2.09. The topological polar surface area (TPSA) is 114 Å². The zero-order chi connectivity index (χ0) is 22.4. The number of rotatable bonds is 8. The van der Waals surface area contributed by atoms with Crippen LogP contribution in [0.4, 0.5) is 10.8 Å². The maximum atomic E-state index is 12.7. The van der Waals surface area contributed by atoms with Gasteiger partial charge in [-0.05, 0) is 43.3 Å². The van der Waals surface area contributed by atoms with E-state index in [4.69, 9.17) is 16.3 Å². The van der Waals surface area contributed by atoms with E-state index in [2.05, 4.69) is 15.0 Å². The van der Waals surface area contributed by atoms with Crippen molar-refractivity contribution in [1.82, 2.24) is 4.98 Å². The lowest BCUT2D eigenvalue weighted by atomic mass is 10.2. The summed E-state index contributed by atoms with van der Waals surface area (Å²) in [6.07, 6.45) is 0.00309. The predicted octanol–water partition coefficient (Wildman–Crippen LogP) is 3.96. The van der Waals surface area contributed by atoms with E-state index in [1.54, 1.807) is 30.5 Å². The van der Waals surface area contributed by atoms with Gasteiger partial charge in [-0.15, -0.1) is 11.3 Å². The molecule has 3 aromatic rings. The van der Waals surface area contributed by atoms with Crippen LogP contribution >= 0.6 is 22.9 Å². The minimum atomic E-state index is -3.93. The first-order valence-corrected chi connectivity index (χ1v) is 11.8. The van der Waals surface area contributed by atoms with Crippen LogP contribution < -0.4 is 10.0 Å². The van der Waals surface area contributed by atoms with Crippen molar-refractivity contribution < 1.29 is 22.7 Å². The molecule has 0 radical (unpaired) electrons. The van der Waals surface area contributed by atoms with Crippen molar-refractivity contribution >= 4 is 55.7 Å². The lowest BCUT2D eigenvalue weighted by Crippen LogP contribution is -2.16. The van der Waals surface area contributed by atoms with Crippen LogP contribution in [0.5, 0.6) is 0 Å². The number of ether oxygens (including phenoxy) is 1. The van der Waals surface area contributed by atoms with Crippen molar-refractivity contribution in [2.45, 2.75) is 18.2 Å². The third-order valence-corrected chi connectivity index (χ3v) is 6.31. The van der Waals surface area contributed by atoms with Gasteiger partial charge in [0.15, 0.2) is 5.13 Å². The number of hydrogen-bond donors (Lipinski definition) is 2. The Morgan fingerprint density at radius 1 is 1.16 bits per heavy atom. The molecule has 0 aliphatic rings. The number of carbonyl (C=O) groups is 2. The largest absolute Gasteiger partial charge is 0.466 e. The highest BCUT2D eigenvalue weighted by Crippen LogP contribution is 2.21. The second-order valence-corrected chi connectivity index (χ2v) is 9.20. The molecule has 3 rings (SSSR count). The fourth-order valence-corrected chi connectivity index (χ4v) is 4.54. The van der Waals surface area contributed by atoms with Gasteiger partial charge in [-0.25, -0.2) is 13.4 Å². The molecule has 1 heterocycles. The second kappa shape index (κ2) is 9.90. The van der Waals surface area contributed by atoms with Crippen molar-refractivity contribution in [3.05, 3.63) is 70.2 Å². The molecule has 0 aliphatic carbocycles. The predicted molar refractivity (Wildman–Crippen MR) is 119 cm³/mol. The van der Waals surface area contributed by atoms with Crippen LogP contribution in [0.2, 0.25) is 5.02 Å². The van der Waals surface area contributed by atoms with Crippen LogP contribution in [0.1, 0.15) is 23.0 Å². The van der Waals surface area contributed by atoms with Gasteiger partial charge in [-0.1, -0.05) is 23.7 Å². The average Bonchev–Trinajstić information content (AvgIpc) is 3.14. The SMILES string of the molecule is CCOC(=O)Cc1csc(NC(=O)c2cccc(S(=O)(=O)Nc3cccc(Cl)c3)c2)n1. The monoisotopic (exact) mass is 479 g/mol. The summed E-state index contributed by atoms with van der Waals surface area (Å²) in [5, 5.41) is 4.92. The number of carbonyl (C=O) groups excluding carboxylic acids is 2. The Hall–Kier alpha value is -2.95. The number of halogens is 1. The standard InChI is InChI=1S/C20H18ClN3O5S2/c1-2-29-18(25)11-16-12-30-20(22-16)23-19(26)13-5-3-8-17(9-13)31(27,28)24-15-7-4-6-14(21)10-15/h3-10,12,24H,2,11H2,1H3,(H,22,23,26). The zero-order valence-corrected chi connectivity index (χ0v) is 18.7. The van der Waals surface area contributed by atoms with E-state index in [1.807, 2.05) is 0 Å². The summed E-state index contributed by atoms with van der Waals surface area (Å²) in [4.78, 5) is 28.2. The minimum absolute atomic E-state index is 0.00309. The number of anilines is 2. The summed E-state index contributed by atoms with van der Waals surface area (Å²) in [5.41, 5.74) is 0.913. The summed E-state index contributed by atoms with van der Waals surface area (Å²) < 4.78 is 32.6. The molecule has 2 N–H and O–H groups in total. The van der Waals surface area contributed by atoms with Gasteiger partial charge in [-0.2, -0.15) is 0 Å². The number of esters is 1. The maximum absolute atomic E-state index is 12.7. The van der Waals surface area contributed by atoms with E-state index < -0.39 is 21.9 Å². The van der Waals surface area contributed by atoms with Gasteiger partial charge >= 0.3 is 5.97 Å². The molecule has 2 aromatic carbocycles. The molecule has 1 aromatic heterocycles. The van der Waals surface area contributed by atoms with Crippen LogP contribution in [-0.2, 0) is 26.0 Å². The Labute approximate surface area is 188 Å². The van der Waals surface area contributed by atoms with Gasteiger partial charge in [0.05, 0.1) is 29.3 Å². The summed E-state index contributed by atoms with van der Waals surface area (Å²) in [5.74, 6) is -0.937. The smallest absolute Gasteiger partial charge is 0.311 e. The number of aromatic nitrogens is 1. The van der Waals surface area contributed by atoms with Crippen LogP contribution in [0.3, 0.4) is 0 Å². The summed E-state index contributed by atoms with van der Waals surface area (Å²) in [6.45, 7) is 1.99. The number of thiazole rings is 1. The van der Waals surface area contributed by atoms with Gasteiger partial charge in [0.1, 0.15) is 0 Å². The first-order chi connectivity index (χ1) is 14.8. The molecule has 0 saturated carbocycles. The van der Waals surface area contributed by atoms with Gasteiger partial charge < -0.3 is 4.74 Å². The zero-order valence-electron chi connectivity index (χ0n) is 16.3. The number of sulfonamides is 1. The Morgan fingerprint density at radius 3 is 2.68 bits per heavy atom. The van der Waals surface area contributed by atoms with E-state index >= 15 is 0 Å². The minimum Gasteiger partial charge on any atom is -0.466 e. The van der Waals surface area contributed by atoms with E-state index in [1.165, 1.54) is 30.3 Å². The van der Waals surface area contributed by atoms with Crippen LogP contribution in [-0.4, -0.2) is 31.9 Å². The first kappa shape index (κ1) is 22.7. The molecule has 0 unspecified atom stereocenters. The Bertz CT molecular complexity index is 1210. The molecule has 31 heavy (non-hydrogen) atoms. The van der Waals surface area contributed by atoms with Crippen LogP contribution in [0.15, 0.2) is 58.8 Å². The highest BCUT2D eigenvalue weighted by Gasteiger charge is 2.18. The number of hydrogen-bond acceptors (Lipinski definition) is 7. The highest BCUT2D eigenvalue weighted by atomic mass is 35.5. The van der Waals surface area contributed by atoms with Gasteiger partial charge in [0.25, 0.3) is 15.9 Å². The van der Waals surface area contributed by atoms with Crippen molar-refractivity contribution in [1.29, 1.82) is 0 Å². The molecule has 11 heteroatoms. The van der Waals surface area contributed by atoms with Crippen molar-refractivity contribution in [2.75, 3.05) is 16.6 Å². The fraction of sp³-hybridized carbons (Fsp3) is 0.150. The van der Waals surface area contributed by atoms with E-state index in [9.17, 15) is 18.0 Å². The Kier molecular flexibility index (Phi) is 7.26. The summed E-state index contributed by atoms with van der Waals surface area (Å²) in [6, 6.07) is 11.9. The molecule has 0 bridgehead atoms. The molecule has 0 fully saturated rings. The number of amides is 1. The van der Waals surface area contributed by atoms with Crippen molar-refractivity contribution in [3.8, 4) is 0 Å². The Balaban J connectivity index is 1.71. The van der Waals surface area contributed by atoms with Gasteiger partial charge in [0.2, 0.25) is 0 Å². The molecule has 162 valence electrons. The molecule has 0 spiro atoms. The molecule has 0 atom stereocenters. The molecule has 1 amide bonds. The molecule has 0 saturated heterocycles. The third kappa shape index (κ3) is 6.27. The first-order valence-electron chi connectivity index (χ1n) is 9.06. The molecule has 0 aliphatic heterocycles. The van der Waals surface area contributed by atoms with E-state index in [0.29, 0.717) is 16.4 Å². The molecular weight excluding hydrogens is 462 g/mol. The summed E-state index contributed by atoms with van der Waals surface area (Å²) >= 11 is 7.04. The number of nitrogens with one attached hydrogen (secondary N) is 2. The third-order valence-electron chi connectivity index (χ3n) is 3.89. The van der Waals surface area contributed by atoms with Gasteiger partial charge in [-0.3, -0.25) is 19.6 Å². The van der Waals surface area contributed by atoms with E-state index in [0.717, 1.165) is 11.3 Å². The number of nitrogens with zero attached hydrogens (tertiary/aromatic N) is 1. The molecular formula is C20H18ClN3O5S2. The summed E-state index contributed by atoms with van der Waals surface area (Å²) in [7, 11) is -3.93. The number of benzene rings is 2. The quantitative estimate of drug-likeness (QED) is 0.473. The van der Waals surface area contributed by atoms with E-state index in [-0.39, 0.29) is 28.6 Å². The van der Waals surface area contributed by atoms with Crippen LogP contribution in [0.25, 0.3) is 0 Å². The second-order valence-electron chi connectivity index (χ2n) is 6.22. The van der Waals surface area contributed by atoms with Gasteiger partial charge in [0, 0.05) is 16.0 Å². The normalized spacial score (nSPS) is 11.0. The van der Waals surface area contributed by atoms with Crippen LogP contribution in [0, 0.1) is 0 Å². The Morgan fingerprint density at radius 2 is 1.94 bits per heavy atom. The molecule has 8 nitrogen and oxygen atoms in total. The lowest BCUT2D eigenvalue weighted by molar-refractivity contribution is -0.142. The van der Waals surface area contributed by atoms with Crippen molar-refractivity contribution in [3.63, 3.8) is 0 Å².